The third kappa shape index (κ3) is 6.82. The van der Waals surface area contributed by atoms with Crippen molar-refractivity contribution in [1.82, 2.24) is 4.90 Å². The van der Waals surface area contributed by atoms with Crippen molar-refractivity contribution in [3.63, 3.8) is 0 Å². The molecule has 8 heteroatoms. The molecule has 0 bridgehead atoms. The number of hydrogen-bond acceptors (Lipinski definition) is 6. The highest BCUT2D eigenvalue weighted by molar-refractivity contribution is 9.11. The summed E-state index contributed by atoms with van der Waals surface area (Å²) in [5.74, 6) is 1.75. The molecule has 3 aromatic carbocycles. The normalized spacial score (nSPS) is 19.0. The van der Waals surface area contributed by atoms with Gasteiger partial charge in [-0.1, -0.05) is 64.1 Å². The second-order valence-corrected chi connectivity index (χ2v) is 16.2. The Kier molecular flexibility index (Phi) is 9.22. The van der Waals surface area contributed by atoms with Gasteiger partial charge in [-0.2, -0.15) is 0 Å². The van der Waals surface area contributed by atoms with Gasteiger partial charge < -0.3 is 19.1 Å². The zero-order valence-electron chi connectivity index (χ0n) is 27.8. The number of methoxy groups -OCH3 is 1. The zero-order chi connectivity index (χ0) is 33.7. The molecule has 1 aliphatic heterocycles. The molecule has 2 aliphatic carbocycles. The van der Waals surface area contributed by atoms with E-state index in [0.717, 1.165) is 61.0 Å². The number of nitrogens with zero attached hydrogens (tertiary/aromatic N) is 1. The molecule has 47 heavy (non-hydrogen) atoms. The fourth-order valence-corrected chi connectivity index (χ4v) is 8.64. The summed E-state index contributed by atoms with van der Waals surface area (Å²) in [5, 5.41) is 0. The summed E-state index contributed by atoms with van der Waals surface area (Å²) in [5.41, 5.74) is 6.20. The highest BCUT2D eigenvalue weighted by Gasteiger charge is 2.48. The first-order valence-corrected chi connectivity index (χ1v) is 17.6. The van der Waals surface area contributed by atoms with E-state index >= 15 is 0 Å². The predicted octanol–water partition coefficient (Wildman–Crippen LogP) is 9.69. The third-order valence-corrected chi connectivity index (χ3v) is 10.6. The number of Topliss-reactive ketones (excluding diaryl/α,β-unsaturated/α-hetero) is 2. The van der Waals surface area contributed by atoms with Crippen LogP contribution in [0.5, 0.6) is 17.2 Å². The van der Waals surface area contributed by atoms with Crippen molar-refractivity contribution < 1.29 is 23.8 Å². The quantitative estimate of drug-likeness (QED) is 0.228. The monoisotopic (exact) mass is 761 g/mol. The van der Waals surface area contributed by atoms with Gasteiger partial charge in [0.2, 0.25) is 0 Å². The van der Waals surface area contributed by atoms with Gasteiger partial charge in [-0.25, -0.2) is 0 Å². The van der Waals surface area contributed by atoms with Crippen molar-refractivity contribution in [3.05, 3.63) is 109 Å². The molecule has 1 heterocycles. The van der Waals surface area contributed by atoms with Gasteiger partial charge in [0, 0.05) is 48.3 Å². The molecule has 0 fully saturated rings. The number of rotatable bonds is 8. The molecule has 0 amide bonds. The number of hydrogen-bond donors (Lipinski definition) is 0. The van der Waals surface area contributed by atoms with Crippen molar-refractivity contribution in [2.24, 2.45) is 10.8 Å². The number of ketones is 2. The first-order valence-electron chi connectivity index (χ1n) is 16.0. The molecule has 0 radical (unpaired) electrons. The Morgan fingerprint density at radius 1 is 0.723 bits per heavy atom. The molecule has 246 valence electrons. The summed E-state index contributed by atoms with van der Waals surface area (Å²) in [6.07, 6.45) is 2.49. The Morgan fingerprint density at radius 2 is 1.28 bits per heavy atom. The van der Waals surface area contributed by atoms with E-state index < -0.39 is 5.92 Å². The molecule has 0 atom stereocenters. The van der Waals surface area contributed by atoms with Crippen molar-refractivity contribution in [2.75, 3.05) is 14.2 Å². The van der Waals surface area contributed by atoms with Crippen LogP contribution < -0.4 is 14.2 Å². The van der Waals surface area contributed by atoms with E-state index in [4.69, 9.17) is 14.2 Å². The Labute approximate surface area is 294 Å². The molecule has 6 nitrogen and oxygen atoms in total. The molecule has 0 saturated carbocycles. The van der Waals surface area contributed by atoms with Crippen LogP contribution in [0.2, 0.25) is 0 Å². The van der Waals surface area contributed by atoms with Crippen molar-refractivity contribution in [3.8, 4) is 17.2 Å². The van der Waals surface area contributed by atoms with E-state index in [1.807, 2.05) is 67.7 Å². The summed E-state index contributed by atoms with van der Waals surface area (Å²) < 4.78 is 19.5. The van der Waals surface area contributed by atoms with E-state index in [-0.39, 0.29) is 22.4 Å². The number of carbonyl (C=O) groups is 2. The Hall–Kier alpha value is -3.36. The van der Waals surface area contributed by atoms with Gasteiger partial charge in [0.25, 0.3) is 0 Å². The van der Waals surface area contributed by atoms with Crippen molar-refractivity contribution in [1.29, 1.82) is 0 Å². The number of halogens is 2. The number of carbonyl (C=O) groups excluding carboxylic acids is 2. The SMILES string of the molecule is COc1cc(COc2c(Br)cc(C3C4=C(CC(C)(C)CC4=O)N(C)C4=C3C(=O)CC(C)(C)C4)cc2Br)ccc1OCc1ccccc1. The van der Waals surface area contributed by atoms with E-state index in [0.29, 0.717) is 43.3 Å². The van der Waals surface area contributed by atoms with Gasteiger partial charge in [-0.05, 0) is 96.5 Å². The van der Waals surface area contributed by atoms with Crippen LogP contribution in [-0.2, 0) is 22.8 Å². The average molecular weight is 764 g/mol. The summed E-state index contributed by atoms with van der Waals surface area (Å²) in [6, 6.07) is 19.8. The van der Waals surface area contributed by atoms with Crippen LogP contribution >= 0.6 is 31.9 Å². The van der Waals surface area contributed by atoms with E-state index in [1.54, 1.807) is 7.11 Å². The van der Waals surface area contributed by atoms with Crippen LogP contribution in [0.3, 0.4) is 0 Å². The smallest absolute Gasteiger partial charge is 0.162 e. The Balaban J connectivity index is 1.29. The number of allylic oxidation sites excluding steroid dienone is 4. The molecule has 6 rings (SSSR count). The fourth-order valence-electron chi connectivity index (χ4n) is 7.19. The molecule has 3 aromatic rings. The molecule has 0 unspecified atom stereocenters. The van der Waals surface area contributed by atoms with Gasteiger partial charge in [-0.15, -0.1) is 0 Å². The minimum Gasteiger partial charge on any atom is -0.493 e. The second kappa shape index (κ2) is 12.9. The summed E-state index contributed by atoms with van der Waals surface area (Å²) in [7, 11) is 3.66. The van der Waals surface area contributed by atoms with Gasteiger partial charge in [0.05, 0.1) is 16.1 Å². The maximum atomic E-state index is 13.9. The summed E-state index contributed by atoms with van der Waals surface area (Å²) in [6.45, 7) is 9.34. The van der Waals surface area contributed by atoms with Gasteiger partial charge in [0.15, 0.2) is 23.1 Å². The van der Waals surface area contributed by atoms with Gasteiger partial charge in [0.1, 0.15) is 19.0 Å². The maximum absolute atomic E-state index is 13.9. The van der Waals surface area contributed by atoms with E-state index in [9.17, 15) is 9.59 Å². The standard InChI is InChI=1S/C39H41Br2NO5/c1-38(2)17-28-35(30(43)19-38)34(36-29(42(28)5)18-39(3,4)20-31(36)44)25-15-26(40)37(27(41)16-25)47-22-24-12-13-32(33(14-24)45-6)46-21-23-10-8-7-9-11-23/h7-16,34H,17-22H2,1-6H3. The minimum absolute atomic E-state index is 0.120. The van der Waals surface area contributed by atoms with Crippen LogP contribution in [-0.4, -0.2) is 30.6 Å². The molecule has 0 saturated heterocycles. The summed E-state index contributed by atoms with van der Waals surface area (Å²) in [4.78, 5) is 29.9. The van der Waals surface area contributed by atoms with Gasteiger partial charge in [-0.3, -0.25) is 9.59 Å². The number of benzene rings is 3. The largest absolute Gasteiger partial charge is 0.493 e. The maximum Gasteiger partial charge on any atom is 0.162 e. The highest BCUT2D eigenvalue weighted by atomic mass is 79.9. The molecular weight excluding hydrogens is 722 g/mol. The lowest BCUT2D eigenvalue weighted by Gasteiger charge is -2.48. The first kappa shape index (κ1) is 33.5. The molecule has 0 spiro atoms. The highest BCUT2D eigenvalue weighted by Crippen LogP contribution is 2.55. The zero-order valence-corrected chi connectivity index (χ0v) is 31.0. The lowest BCUT2D eigenvalue weighted by Crippen LogP contribution is -2.43. The minimum atomic E-state index is -0.419. The molecule has 0 N–H and O–H groups in total. The average Bonchev–Trinajstić information content (AvgIpc) is 3.00. The Morgan fingerprint density at radius 3 is 1.83 bits per heavy atom. The molecular formula is C39H41Br2NO5. The predicted molar refractivity (Wildman–Crippen MR) is 191 cm³/mol. The van der Waals surface area contributed by atoms with Gasteiger partial charge >= 0.3 is 0 Å². The lowest BCUT2D eigenvalue weighted by molar-refractivity contribution is -0.119. The molecule has 3 aliphatic rings. The summed E-state index contributed by atoms with van der Waals surface area (Å²) >= 11 is 7.53. The van der Waals surface area contributed by atoms with E-state index in [2.05, 4.69) is 64.5 Å². The van der Waals surface area contributed by atoms with Crippen LogP contribution in [0.4, 0.5) is 0 Å². The second-order valence-electron chi connectivity index (χ2n) is 14.5. The van der Waals surface area contributed by atoms with Crippen LogP contribution in [0, 0.1) is 10.8 Å². The Bertz CT molecular complexity index is 1730. The van der Waals surface area contributed by atoms with E-state index in [1.165, 1.54) is 0 Å². The topological polar surface area (TPSA) is 65.1 Å². The number of ether oxygens (including phenoxy) is 3. The van der Waals surface area contributed by atoms with Crippen molar-refractivity contribution >= 4 is 43.4 Å². The fraction of sp³-hybridized carbons (Fsp3) is 0.385. The third-order valence-electron chi connectivity index (χ3n) is 9.38. The molecule has 0 aromatic heterocycles. The van der Waals surface area contributed by atoms with Crippen molar-refractivity contribution in [2.45, 2.75) is 72.5 Å². The van der Waals surface area contributed by atoms with Crippen LogP contribution in [0.15, 0.2) is 92.1 Å². The van der Waals surface area contributed by atoms with Crippen LogP contribution in [0.1, 0.15) is 76.0 Å². The van der Waals surface area contributed by atoms with Crippen LogP contribution in [0.25, 0.3) is 0 Å². The first-order chi connectivity index (χ1) is 22.3. The lowest BCUT2D eigenvalue weighted by atomic mass is 9.64.